The Kier molecular flexibility index (Phi) is 5.82. The molecule has 0 spiro atoms. The minimum Gasteiger partial charge on any atom is -0.755 e. The summed E-state index contributed by atoms with van der Waals surface area (Å²) in [6, 6.07) is 10.6. The van der Waals surface area contributed by atoms with Crippen molar-refractivity contribution >= 4 is 28.6 Å². The molecule has 29 heavy (non-hydrogen) atoms. The highest BCUT2D eigenvalue weighted by Crippen LogP contribution is 2.36. The summed E-state index contributed by atoms with van der Waals surface area (Å²) in [5.41, 5.74) is 2.24. The van der Waals surface area contributed by atoms with Crippen LogP contribution >= 0.6 is 0 Å². The van der Waals surface area contributed by atoms with Gasteiger partial charge in [-0.05, 0) is 42.7 Å². The number of carbonyl (C=O) groups is 1. The van der Waals surface area contributed by atoms with Crippen LogP contribution in [0.3, 0.4) is 0 Å². The molecular formula is C21H24N3O4S-. The van der Waals surface area contributed by atoms with E-state index in [1.807, 2.05) is 24.3 Å². The molecule has 0 saturated heterocycles. The largest absolute Gasteiger partial charge is 0.755 e. The van der Waals surface area contributed by atoms with E-state index in [1.165, 1.54) is 13.5 Å². The minimum atomic E-state index is -2.32. The number of hydrogen-bond acceptors (Lipinski definition) is 5. The van der Waals surface area contributed by atoms with Crippen molar-refractivity contribution in [2.24, 2.45) is 11.0 Å². The van der Waals surface area contributed by atoms with E-state index in [9.17, 15) is 13.6 Å². The van der Waals surface area contributed by atoms with Crippen molar-refractivity contribution in [3.05, 3.63) is 54.0 Å². The van der Waals surface area contributed by atoms with Crippen LogP contribution in [0.5, 0.6) is 0 Å². The van der Waals surface area contributed by atoms with E-state index < -0.39 is 11.3 Å². The first-order valence-corrected chi connectivity index (χ1v) is 11.0. The summed E-state index contributed by atoms with van der Waals surface area (Å²) in [4.78, 5) is 13.2. The molecule has 1 aliphatic heterocycles. The lowest BCUT2D eigenvalue weighted by Gasteiger charge is -2.27. The maximum atomic E-state index is 13.2. The molecule has 1 fully saturated rings. The third kappa shape index (κ3) is 4.13. The van der Waals surface area contributed by atoms with Crippen molar-refractivity contribution in [1.82, 2.24) is 5.01 Å². The van der Waals surface area contributed by atoms with E-state index in [0.717, 1.165) is 47.0 Å². The maximum Gasteiger partial charge on any atom is 0.246 e. The lowest BCUT2D eigenvalue weighted by atomic mass is 9.88. The molecule has 2 heterocycles. The topological polar surface area (TPSA) is 89.2 Å². The van der Waals surface area contributed by atoms with Gasteiger partial charge in [0.15, 0.2) is 0 Å². The number of hydrogen-bond donors (Lipinski definition) is 0. The predicted octanol–water partition coefficient (Wildman–Crippen LogP) is 3.77. The van der Waals surface area contributed by atoms with E-state index in [-0.39, 0.29) is 17.9 Å². The fraction of sp³-hybridized carbons (Fsp3) is 0.429. The Morgan fingerprint density at radius 1 is 1.21 bits per heavy atom. The maximum absolute atomic E-state index is 13.2. The highest BCUT2D eigenvalue weighted by atomic mass is 32.2. The summed E-state index contributed by atoms with van der Waals surface area (Å²) in [7, 11) is 1.49. The smallest absolute Gasteiger partial charge is 0.246 e. The first-order chi connectivity index (χ1) is 14.0. The Morgan fingerprint density at radius 3 is 2.55 bits per heavy atom. The summed E-state index contributed by atoms with van der Waals surface area (Å²) >= 11 is -2.32. The van der Waals surface area contributed by atoms with Gasteiger partial charge >= 0.3 is 0 Å². The van der Waals surface area contributed by atoms with Crippen molar-refractivity contribution in [1.29, 1.82) is 0 Å². The second kappa shape index (κ2) is 8.51. The number of amides is 1. The van der Waals surface area contributed by atoms with Gasteiger partial charge < -0.3 is 13.3 Å². The Morgan fingerprint density at radius 2 is 1.93 bits per heavy atom. The normalized spacial score (nSPS) is 21.1. The molecule has 4 rings (SSSR count). The Hall–Kier alpha value is -2.45. The molecule has 1 saturated carbocycles. The standard InChI is InChI=1S/C21H25N3O4S/c1-23(29(26)27)17-11-9-15(10-12-17)18-14-19(20-8-5-13-28-20)24(22-18)21(25)16-6-3-2-4-7-16/h5,8-13,16,19H,2-4,6-7,14H2,1H3,(H,26,27)/p-1. The fourth-order valence-corrected chi connectivity index (χ4v) is 4.37. The van der Waals surface area contributed by atoms with Crippen LogP contribution in [0.4, 0.5) is 5.69 Å². The van der Waals surface area contributed by atoms with E-state index in [4.69, 9.17) is 4.42 Å². The Balaban J connectivity index is 1.60. The summed E-state index contributed by atoms with van der Waals surface area (Å²) < 4.78 is 29.0. The predicted molar refractivity (Wildman–Crippen MR) is 110 cm³/mol. The lowest BCUT2D eigenvalue weighted by Crippen LogP contribution is -2.33. The van der Waals surface area contributed by atoms with Gasteiger partial charge in [-0.2, -0.15) is 5.10 Å². The molecule has 1 amide bonds. The highest BCUT2D eigenvalue weighted by Gasteiger charge is 2.38. The third-order valence-electron chi connectivity index (χ3n) is 5.75. The van der Waals surface area contributed by atoms with E-state index in [0.29, 0.717) is 12.1 Å². The summed E-state index contributed by atoms with van der Waals surface area (Å²) in [5.74, 6) is 0.817. The molecule has 2 aliphatic rings. The average Bonchev–Trinajstić information content (AvgIpc) is 3.43. The van der Waals surface area contributed by atoms with Crippen molar-refractivity contribution in [3.8, 4) is 0 Å². The number of anilines is 1. The number of hydrazone groups is 1. The second-order valence-corrected chi connectivity index (χ2v) is 8.54. The SMILES string of the molecule is CN(c1ccc(C2=NN(C(=O)C3CCCCC3)C(c3ccco3)C2)cc1)S(=O)[O-]. The second-order valence-electron chi connectivity index (χ2n) is 7.56. The summed E-state index contributed by atoms with van der Waals surface area (Å²) in [5, 5.41) is 6.29. The van der Waals surface area contributed by atoms with Gasteiger partial charge in [0.2, 0.25) is 5.91 Å². The molecule has 2 aromatic rings. The Labute approximate surface area is 172 Å². The Bertz CT molecular complexity index is 905. The van der Waals surface area contributed by atoms with Gasteiger partial charge in [-0.15, -0.1) is 0 Å². The van der Waals surface area contributed by atoms with Crippen LogP contribution in [0.15, 0.2) is 52.2 Å². The first kappa shape index (κ1) is 19.8. The first-order valence-electron chi connectivity index (χ1n) is 9.92. The van der Waals surface area contributed by atoms with E-state index in [1.54, 1.807) is 23.4 Å². The molecule has 154 valence electrons. The fourth-order valence-electron chi connectivity index (χ4n) is 4.08. The van der Waals surface area contributed by atoms with Crippen LogP contribution in [0.25, 0.3) is 0 Å². The van der Waals surface area contributed by atoms with Gasteiger partial charge in [0.1, 0.15) is 11.8 Å². The van der Waals surface area contributed by atoms with E-state index >= 15 is 0 Å². The molecular weight excluding hydrogens is 390 g/mol. The van der Waals surface area contributed by atoms with Gasteiger partial charge in [-0.3, -0.25) is 9.00 Å². The molecule has 8 heteroatoms. The molecule has 0 bridgehead atoms. The molecule has 2 atom stereocenters. The number of furan rings is 1. The molecule has 0 N–H and O–H groups in total. The van der Waals surface area contributed by atoms with Gasteiger partial charge in [0.05, 0.1) is 12.0 Å². The zero-order chi connectivity index (χ0) is 20.4. The van der Waals surface area contributed by atoms with Gasteiger partial charge in [-0.25, -0.2) is 5.01 Å². The van der Waals surface area contributed by atoms with Crippen LogP contribution in [-0.4, -0.2) is 32.4 Å². The minimum absolute atomic E-state index is 0.0207. The molecule has 1 aromatic carbocycles. The van der Waals surface area contributed by atoms with Gasteiger partial charge in [-0.1, -0.05) is 31.4 Å². The van der Waals surface area contributed by atoms with Crippen molar-refractivity contribution in [2.45, 2.75) is 44.6 Å². The number of carbonyl (C=O) groups excluding carboxylic acids is 1. The van der Waals surface area contributed by atoms with Gasteiger partial charge in [0.25, 0.3) is 0 Å². The molecule has 7 nitrogen and oxygen atoms in total. The zero-order valence-electron chi connectivity index (χ0n) is 16.3. The zero-order valence-corrected chi connectivity index (χ0v) is 17.1. The molecule has 2 unspecified atom stereocenters. The van der Waals surface area contributed by atoms with Crippen LogP contribution < -0.4 is 4.31 Å². The quantitative estimate of drug-likeness (QED) is 0.697. The lowest BCUT2D eigenvalue weighted by molar-refractivity contribution is -0.138. The van der Waals surface area contributed by atoms with E-state index in [2.05, 4.69) is 5.10 Å². The highest BCUT2D eigenvalue weighted by molar-refractivity contribution is 7.80. The van der Waals surface area contributed by atoms with Gasteiger partial charge in [0, 0.05) is 36.3 Å². The summed E-state index contributed by atoms with van der Waals surface area (Å²) in [6.07, 6.45) is 7.37. The molecule has 1 aliphatic carbocycles. The number of benzene rings is 1. The number of rotatable bonds is 5. The summed E-state index contributed by atoms with van der Waals surface area (Å²) in [6.45, 7) is 0. The van der Waals surface area contributed by atoms with Crippen molar-refractivity contribution in [2.75, 3.05) is 11.4 Å². The van der Waals surface area contributed by atoms with Crippen LogP contribution in [0.1, 0.15) is 55.9 Å². The van der Waals surface area contributed by atoms with Crippen LogP contribution in [0.2, 0.25) is 0 Å². The van der Waals surface area contributed by atoms with Crippen LogP contribution in [-0.2, 0) is 16.1 Å². The van der Waals surface area contributed by atoms with Crippen LogP contribution in [0, 0.1) is 5.92 Å². The number of nitrogens with zero attached hydrogens (tertiary/aromatic N) is 3. The molecule has 1 aromatic heterocycles. The third-order valence-corrected chi connectivity index (χ3v) is 6.41. The average molecular weight is 415 g/mol. The van der Waals surface area contributed by atoms with Crippen molar-refractivity contribution in [3.63, 3.8) is 0 Å². The monoisotopic (exact) mass is 414 g/mol. The van der Waals surface area contributed by atoms with Crippen molar-refractivity contribution < 1.29 is 18.0 Å². The molecule has 0 radical (unpaired) electrons.